The molecule has 0 amide bonds. The maximum absolute atomic E-state index is 12.4. The molecule has 0 aliphatic heterocycles. The predicted octanol–water partition coefficient (Wildman–Crippen LogP) is 6.24. The third-order valence-electron chi connectivity index (χ3n) is 5.10. The highest BCUT2D eigenvalue weighted by Crippen LogP contribution is 2.31. The Labute approximate surface area is 221 Å². The summed E-state index contributed by atoms with van der Waals surface area (Å²) in [6, 6.07) is 21.4. The van der Waals surface area contributed by atoms with Crippen LogP contribution in [0.4, 0.5) is 5.69 Å². The van der Waals surface area contributed by atoms with Gasteiger partial charge in [0.15, 0.2) is 0 Å². The summed E-state index contributed by atoms with van der Waals surface area (Å²) in [4.78, 5) is 4.87. The number of para-hydroxylation sites is 1. The molecule has 184 valence electrons. The maximum Gasteiger partial charge on any atom is 0.240 e. The number of aromatic nitrogens is 1. The van der Waals surface area contributed by atoms with Crippen molar-refractivity contribution in [3.8, 4) is 5.75 Å². The van der Waals surface area contributed by atoms with Crippen LogP contribution in [0, 0.1) is 6.92 Å². The third kappa shape index (κ3) is 6.78. The van der Waals surface area contributed by atoms with Crippen molar-refractivity contribution in [2.24, 2.45) is 0 Å². The summed E-state index contributed by atoms with van der Waals surface area (Å²) in [5.41, 5.74) is 3.42. The van der Waals surface area contributed by atoms with Gasteiger partial charge in [-0.3, -0.25) is 0 Å². The second kappa shape index (κ2) is 11.9. The first-order valence-electron chi connectivity index (χ1n) is 10.6. The van der Waals surface area contributed by atoms with Gasteiger partial charge in [0.25, 0.3) is 0 Å². The molecule has 2 N–H and O–H groups in total. The molecule has 0 spiro atoms. The minimum Gasteiger partial charge on any atom is -0.490 e. The largest absolute Gasteiger partial charge is 0.490 e. The second-order valence-electron chi connectivity index (χ2n) is 7.62. The molecule has 3 aromatic carbocycles. The molecule has 0 aliphatic carbocycles. The highest BCUT2D eigenvalue weighted by atomic mass is 35.5. The standard InChI is InChI=1S/C25H23Cl2N3O3S.ClH/c1-17-14-23(28-16-18-10-11-21(26)22(27)15-18)20-8-5-9-24(25(20)30-17)33-13-12-29-34(31,32)19-6-3-2-4-7-19;/h2-11,14-15,29H,12-13,16H2,1H3,(H,28,30);1H. The van der Waals surface area contributed by atoms with E-state index in [2.05, 4.69) is 15.0 Å². The minimum atomic E-state index is -3.58. The quantitative estimate of drug-likeness (QED) is 0.240. The van der Waals surface area contributed by atoms with Crippen molar-refractivity contribution in [1.82, 2.24) is 9.71 Å². The number of rotatable bonds is 9. The van der Waals surface area contributed by atoms with Crippen molar-refractivity contribution in [2.45, 2.75) is 18.4 Å². The molecular formula is C25H24Cl3N3O3S. The van der Waals surface area contributed by atoms with Crippen LogP contribution < -0.4 is 14.8 Å². The van der Waals surface area contributed by atoms with Crippen LogP contribution in [0.15, 0.2) is 77.7 Å². The lowest BCUT2D eigenvalue weighted by Gasteiger charge is -2.14. The Bertz CT molecular complexity index is 1420. The summed E-state index contributed by atoms with van der Waals surface area (Å²) in [6.07, 6.45) is 0. The molecule has 1 aromatic heterocycles. The molecule has 0 bridgehead atoms. The maximum atomic E-state index is 12.4. The van der Waals surface area contributed by atoms with Crippen LogP contribution >= 0.6 is 35.6 Å². The van der Waals surface area contributed by atoms with E-state index in [1.807, 2.05) is 43.3 Å². The number of sulfonamides is 1. The van der Waals surface area contributed by atoms with Gasteiger partial charge in [-0.2, -0.15) is 0 Å². The Balaban J connectivity index is 0.00000342. The molecule has 0 saturated heterocycles. The molecule has 0 unspecified atom stereocenters. The molecule has 0 aliphatic rings. The molecule has 0 radical (unpaired) electrons. The predicted molar refractivity (Wildman–Crippen MR) is 145 cm³/mol. The summed E-state index contributed by atoms with van der Waals surface area (Å²) in [6.45, 7) is 2.75. The molecule has 4 rings (SSSR count). The van der Waals surface area contributed by atoms with Gasteiger partial charge in [-0.15, -0.1) is 12.4 Å². The molecule has 35 heavy (non-hydrogen) atoms. The summed E-state index contributed by atoms with van der Waals surface area (Å²) >= 11 is 12.1. The average molecular weight is 553 g/mol. The first kappa shape index (κ1) is 27.0. The topological polar surface area (TPSA) is 80.3 Å². The van der Waals surface area contributed by atoms with Crippen LogP contribution in [0.1, 0.15) is 11.3 Å². The van der Waals surface area contributed by atoms with E-state index in [0.29, 0.717) is 27.9 Å². The van der Waals surface area contributed by atoms with Gasteiger partial charge in [0.05, 0.1) is 14.9 Å². The zero-order valence-corrected chi connectivity index (χ0v) is 21.9. The number of ether oxygens (including phenoxy) is 1. The van der Waals surface area contributed by atoms with Crippen molar-refractivity contribution in [3.63, 3.8) is 0 Å². The number of pyridine rings is 1. The monoisotopic (exact) mass is 551 g/mol. The van der Waals surface area contributed by atoms with Gasteiger partial charge in [0.1, 0.15) is 17.9 Å². The van der Waals surface area contributed by atoms with E-state index in [-0.39, 0.29) is 30.5 Å². The minimum absolute atomic E-state index is 0. The van der Waals surface area contributed by atoms with Gasteiger partial charge in [-0.25, -0.2) is 18.1 Å². The number of hydrogen-bond donors (Lipinski definition) is 2. The number of halogens is 3. The fourth-order valence-corrected chi connectivity index (χ4v) is 4.83. The lowest BCUT2D eigenvalue weighted by atomic mass is 10.1. The summed E-state index contributed by atoms with van der Waals surface area (Å²) in [5.74, 6) is 0.581. The number of nitrogens with one attached hydrogen (secondary N) is 2. The molecule has 0 saturated carbocycles. The fourth-order valence-electron chi connectivity index (χ4n) is 3.48. The Kier molecular flexibility index (Phi) is 9.21. The van der Waals surface area contributed by atoms with E-state index in [9.17, 15) is 8.42 Å². The third-order valence-corrected chi connectivity index (χ3v) is 7.32. The zero-order valence-electron chi connectivity index (χ0n) is 18.8. The zero-order chi connectivity index (χ0) is 24.1. The second-order valence-corrected chi connectivity index (χ2v) is 10.2. The molecule has 4 aromatic rings. The van der Waals surface area contributed by atoms with Crippen LogP contribution in [-0.2, 0) is 16.6 Å². The normalized spacial score (nSPS) is 11.2. The van der Waals surface area contributed by atoms with Crippen LogP contribution in [-0.4, -0.2) is 26.6 Å². The number of nitrogens with zero attached hydrogens (tertiary/aromatic N) is 1. The lowest BCUT2D eigenvalue weighted by Crippen LogP contribution is -2.28. The molecule has 10 heteroatoms. The Hall–Kier alpha value is -2.55. The Morgan fingerprint density at radius 1 is 0.943 bits per heavy atom. The van der Waals surface area contributed by atoms with Crippen molar-refractivity contribution < 1.29 is 13.2 Å². The smallest absolute Gasteiger partial charge is 0.240 e. The first-order chi connectivity index (χ1) is 16.3. The van der Waals surface area contributed by atoms with E-state index >= 15 is 0 Å². The number of fused-ring (bicyclic) bond motifs is 1. The fraction of sp³-hybridized carbons (Fsp3) is 0.160. The van der Waals surface area contributed by atoms with Gasteiger partial charge in [0.2, 0.25) is 10.0 Å². The number of benzene rings is 3. The van der Waals surface area contributed by atoms with Crippen LogP contribution in [0.2, 0.25) is 10.0 Å². The van der Waals surface area contributed by atoms with E-state index in [0.717, 1.165) is 22.3 Å². The highest BCUT2D eigenvalue weighted by Gasteiger charge is 2.13. The molecule has 0 fully saturated rings. The van der Waals surface area contributed by atoms with Gasteiger partial charge in [-0.1, -0.05) is 59.6 Å². The number of aryl methyl sites for hydroxylation is 1. The van der Waals surface area contributed by atoms with E-state index < -0.39 is 10.0 Å². The molecular weight excluding hydrogens is 529 g/mol. The van der Waals surface area contributed by atoms with Crippen molar-refractivity contribution in [3.05, 3.63) is 94.1 Å². The number of hydrogen-bond acceptors (Lipinski definition) is 5. The van der Waals surface area contributed by atoms with Gasteiger partial charge in [-0.05, 0) is 48.9 Å². The van der Waals surface area contributed by atoms with Crippen molar-refractivity contribution in [2.75, 3.05) is 18.5 Å². The average Bonchev–Trinajstić information content (AvgIpc) is 2.83. The highest BCUT2D eigenvalue weighted by molar-refractivity contribution is 7.89. The van der Waals surface area contributed by atoms with Crippen LogP contribution in [0.25, 0.3) is 10.9 Å². The number of anilines is 1. The summed E-state index contributed by atoms with van der Waals surface area (Å²) in [7, 11) is -3.58. The van der Waals surface area contributed by atoms with Gasteiger partial charge < -0.3 is 10.1 Å². The van der Waals surface area contributed by atoms with Crippen molar-refractivity contribution >= 4 is 62.2 Å². The van der Waals surface area contributed by atoms with Crippen molar-refractivity contribution in [1.29, 1.82) is 0 Å². The summed E-state index contributed by atoms with van der Waals surface area (Å²) in [5, 5.41) is 5.36. The van der Waals surface area contributed by atoms with Crippen LogP contribution in [0.5, 0.6) is 5.75 Å². The summed E-state index contributed by atoms with van der Waals surface area (Å²) < 4.78 is 33.2. The van der Waals surface area contributed by atoms with E-state index in [4.69, 9.17) is 27.9 Å². The van der Waals surface area contributed by atoms with Gasteiger partial charge >= 0.3 is 0 Å². The Morgan fingerprint density at radius 2 is 1.71 bits per heavy atom. The van der Waals surface area contributed by atoms with E-state index in [1.165, 1.54) is 0 Å². The van der Waals surface area contributed by atoms with E-state index in [1.54, 1.807) is 36.4 Å². The lowest BCUT2D eigenvalue weighted by molar-refractivity contribution is 0.326. The van der Waals surface area contributed by atoms with Crippen LogP contribution in [0.3, 0.4) is 0 Å². The molecule has 0 atom stereocenters. The Morgan fingerprint density at radius 3 is 2.46 bits per heavy atom. The first-order valence-corrected chi connectivity index (χ1v) is 12.8. The SMILES string of the molecule is Cc1cc(NCc2ccc(Cl)c(Cl)c2)c2cccc(OCCNS(=O)(=O)c3ccccc3)c2n1.Cl. The molecule has 1 heterocycles. The molecule has 6 nitrogen and oxygen atoms in total. The van der Waals surface area contributed by atoms with Gasteiger partial charge in [0, 0.05) is 29.9 Å².